The minimum atomic E-state index is -4.07. The van der Waals surface area contributed by atoms with E-state index in [4.69, 9.17) is 4.74 Å². The summed E-state index contributed by atoms with van der Waals surface area (Å²) in [6, 6.07) is 34.0. The first kappa shape index (κ1) is 29.3. The van der Waals surface area contributed by atoms with Gasteiger partial charge in [0, 0.05) is 22.6 Å². The fourth-order valence-electron chi connectivity index (χ4n) is 4.92. The van der Waals surface area contributed by atoms with Crippen LogP contribution in [0.5, 0.6) is 5.75 Å². The van der Waals surface area contributed by atoms with Gasteiger partial charge in [-0.15, -0.1) is 0 Å². The zero-order chi connectivity index (χ0) is 30.4. The molecule has 1 N–H and O–H groups in total. The second-order valence-corrected chi connectivity index (χ2v) is 11.7. The van der Waals surface area contributed by atoms with E-state index < -0.39 is 15.9 Å². The zero-order valence-corrected chi connectivity index (χ0v) is 25.0. The first-order valence-corrected chi connectivity index (χ1v) is 15.1. The first-order chi connectivity index (χ1) is 20.8. The van der Waals surface area contributed by atoms with E-state index in [2.05, 4.69) is 15.1 Å². The molecule has 0 aliphatic heterocycles. The molecule has 8 nitrogen and oxygen atoms in total. The van der Waals surface area contributed by atoms with Gasteiger partial charge < -0.3 is 9.30 Å². The average molecular weight is 593 g/mol. The van der Waals surface area contributed by atoms with Crippen molar-refractivity contribution >= 4 is 27.8 Å². The Morgan fingerprint density at radius 3 is 2.19 bits per heavy atom. The lowest BCUT2D eigenvalue weighted by molar-refractivity contribution is 0.0955. The van der Waals surface area contributed by atoms with Crippen LogP contribution in [0.1, 0.15) is 32.9 Å². The Kier molecular flexibility index (Phi) is 8.73. The molecule has 0 aliphatic rings. The maximum Gasteiger partial charge on any atom is 0.273 e. The lowest BCUT2D eigenvalue weighted by Gasteiger charge is -2.26. The fraction of sp³-hybridized carbons (Fsp3) is 0.118. The Bertz CT molecular complexity index is 1850. The Morgan fingerprint density at radius 2 is 1.51 bits per heavy atom. The van der Waals surface area contributed by atoms with E-state index >= 15 is 0 Å². The van der Waals surface area contributed by atoms with Gasteiger partial charge in [0.1, 0.15) is 5.75 Å². The zero-order valence-electron chi connectivity index (χ0n) is 24.1. The molecule has 9 heteroatoms. The quantitative estimate of drug-likeness (QED) is 0.153. The summed E-state index contributed by atoms with van der Waals surface area (Å²) < 4.78 is 36.6. The van der Waals surface area contributed by atoms with Crippen molar-refractivity contribution in [3.05, 3.63) is 143 Å². The van der Waals surface area contributed by atoms with Crippen LogP contribution in [0.15, 0.2) is 125 Å². The highest BCUT2D eigenvalue weighted by Crippen LogP contribution is 2.30. The van der Waals surface area contributed by atoms with Crippen molar-refractivity contribution in [3.8, 4) is 11.4 Å². The van der Waals surface area contributed by atoms with Crippen molar-refractivity contribution in [2.45, 2.75) is 25.3 Å². The molecule has 0 aliphatic carbocycles. The van der Waals surface area contributed by atoms with Crippen LogP contribution in [0.4, 0.5) is 5.69 Å². The van der Waals surface area contributed by atoms with Crippen LogP contribution in [-0.4, -0.2) is 32.2 Å². The number of rotatable bonds is 10. The van der Waals surface area contributed by atoms with Gasteiger partial charge >= 0.3 is 0 Å². The van der Waals surface area contributed by atoms with Gasteiger partial charge in [0.05, 0.1) is 36.0 Å². The number of benzene rings is 4. The number of nitrogens with zero attached hydrogens (tertiary/aromatic N) is 3. The normalized spacial score (nSPS) is 11.4. The Balaban J connectivity index is 1.46. The summed E-state index contributed by atoms with van der Waals surface area (Å²) in [5.74, 6) is 0.00227. The predicted octanol–water partition coefficient (Wildman–Crippen LogP) is 6.26. The Labute approximate surface area is 251 Å². The average Bonchev–Trinajstić information content (AvgIpc) is 3.32. The van der Waals surface area contributed by atoms with Crippen molar-refractivity contribution in [1.29, 1.82) is 0 Å². The molecule has 0 radical (unpaired) electrons. The number of ether oxygens (including phenoxy) is 1. The van der Waals surface area contributed by atoms with Crippen molar-refractivity contribution in [1.82, 2.24) is 9.99 Å². The summed E-state index contributed by atoms with van der Waals surface area (Å²) in [7, 11) is -2.56. The van der Waals surface area contributed by atoms with E-state index in [0.717, 1.165) is 28.2 Å². The number of aryl methyl sites for hydroxylation is 1. The first-order valence-electron chi connectivity index (χ1n) is 13.7. The molecule has 0 saturated carbocycles. The molecule has 5 rings (SSSR count). The topological polar surface area (TPSA) is 93.0 Å². The third-order valence-corrected chi connectivity index (χ3v) is 8.86. The lowest BCUT2D eigenvalue weighted by Crippen LogP contribution is -2.33. The largest absolute Gasteiger partial charge is 0.497 e. The third kappa shape index (κ3) is 6.37. The van der Waals surface area contributed by atoms with Crippen molar-refractivity contribution in [3.63, 3.8) is 0 Å². The molecule has 5 aromatic rings. The molecule has 4 aromatic carbocycles. The van der Waals surface area contributed by atoms with Gasteiger partial charge in [0.25, 0.3) is 15.9 Å². The maximum atomic E-state index is 14.0. The molecule has 1 aromatic heterocycles. The van der Waals surface area contributed by atoms with Crippen LogP contribution in [0.2, 0.25) is 0 Å². The number of hydrazone groups is 1. The van der Waals surface area contributed by atoms with E-state index in [-0.39, 0.29) is 22.7 Å². The fourth-order valence-corrected chi connectivity index (χ4v) is 6.39. The number of aromatic nitrogens is 1. The number of sulfonamides is 1. The second kappa shape index (κ2) is 12.8. The highest BCUT2D eigenvalue weighted by molar-refractivity contribution is 7.92. The van der Waals surface area contributed by atoms with Crippen molar-refractivity contribution in [2.75, 3.05) is 11.4 Å². The van der Waals surface area contributed by atoms with Gasteiger partial charge in [-0.25, -0.2) is 13.8 Å². The molecule has 1 heterocycles. The Morgan fingerprint density at radius 1 is 0.884 bits per heavy atom. The van der Waals surface area contributed by atoms with Gasteiger partial charge in [-0.3, -0.25) is 9.10 Å². The number of carbonyl (C=O) groups excluding carboxylic acids is 1. The smallest absolute Gasteiger partial charge is 0.273 e. The number of nitrogens with one attached hydrogen (secondary N) is 1. The molecule has 218 valence electrons. The summed E-state index contributed by atoms with van der Waals surface area (Å²) in [4.78, 5) is 13.5. The van der Waals surface area contributed by atoms with Crippen LogP contribution in [-0.2, 0) is 16.6 Å². The molecule has 1 amide bonds. The minimum Gasteiger partial charge on any atom is -0.497 e. The number of anilines is 1. The molecular weight excluding hydrogens is 560 g/mol. The number of carbonyl (C=O) groups is 1. The molecule has 0 saturated heterocycles. The number of para-hydroxylation sites is 2. The summed E-state index contributed by atoms with van der Waals surface area (Å²) in [6.07, 6.45) is 1.60. The molecule has 0 atom stereocenters. The van der Waals surface area contributed by atoms with E-state index in [1.807, 2.05) is 80.6 Å². The van der Waals surface area contributed by atoms with Crippen LogP contribution < -0.4 is 14.5 Å². The molecule has 43 heavy (non-hydrogen) atoms. The lowest BCUT2D eigenvalue weighted by atomic mass is 10.1. The predicted molar refractivity (Wildman–Crippen MR) is 170 cm³/mol. The summed E-state index contributed by atoms with van der Waals surface area (Å²) in [5, 5.41) is 4.23. The number of methoxy groups -OCH3 is 1. The molecule has 0 spiro atoms. The third-order valence-electron chi connectivity index (χ3n) is 7.09. The Hall–Kier alpha value is -5.15. The van der Waals surface area contributed by atoms with Crippen LogP contribution in [0.3, 0.4) is 0 Å². The molecular formula is C34H32N4O4S. The summed E-state index contributed by atoms with van der Waals surface area (Å²) in [6.45, 7) is 4.02. The molecule has 0 unspecified atom stereocenters. The van der Waals surface area contributed by atoms with Gasteiger partial charge in [-0.1, -0.05) is 60.7 Å². The van der Waals surface area contributed by atoms with Crippen molar-refractivity contribution < 1.29 is 17.9 Å². The monoisotopic (exact) mass is 592 g/mol. The van der Waals surface area contributed by atoms with E-state index in [9.17, 15) is 13.2 Å². The summed E-state index contributed by atoms with van der Waals surface area (Å²) in [5.41, 5.74) is 7.65. The van der Waals surface area contributed by atoms with Crippen LogP contribution >= 0.6 is 0 Å². The van der Waals surface area contributed by atoms with Gasteiger partial charge in [0.15, 0.2) is 0 Å². The highest BCUT2D eigenvalue weighted by Gasteiger charge is 2.28. The molecule has 0 fully saturated rings. The van der Waals surface area contributed by atoms with Crippen LogP contribution in [0.25, 0.3) is 5.69 Å². The maximum absolute atomic E-state index is 14.0. The van der Waals surface area contributed by atoms with Gasteiger partial charge in [-0.2, -0.15) is 5.10 Å². The second-order valence-electron chi connectivity index (χ2n) is 9.89. The highest BCUT2D eigenvalue weighted by atomic mass is 32.2. The van der Waals surface area contributed by atoms with Crippen molar-refractivity contribution in [2.24, 2.45) is 5.10 Å². The molecule has 0 bridgehead atoms. The number of amides is 1. The minimum absolute atomic E-state index is 0.0221. The summed E-state index contributed by atoms with van der Waals surface area (Å²) >= 11 is 0. The SMILES string of the molecule is COc1ccc(S(=O)(=O)N(Cc2ccccc2)c2ccccc2C(=O)N/N=C\c2cc(C)n(-c3ccccc3)c2C)cc1. The van der Waals surface area contributed by atoms with E-state index in [0.29, 0.717) is 5.75 Å². The number of hydrogen-bond acceptors (Lipinski definition) is 5. The van der Waals surface area contributed by atoms with E-state index in [1.165, 1.54) is 23.5 Å². The van der Waals surface area contributed by atoms with Crippen LogP contribution in [0, 0.1) is 13.8 Å². The number of hydrogen-bond donors (Lipinski definition) is 1. The standard InChI is InChI=1S/C34H32N4O4S/c1-25-22-28(26(2)38(25)29-14-8-5-9-15-29)23-35-36-34(39)32-16-10-11-17-33(32)37(24-27-12-6-4-7-13-27)43(40,41)31-20-18-30(42-3)19-21-31/h4-23H,24H2,1-3H3,(H,36,39)/b35-23-. The van der Waals surface area contributed by atoms with E-state index in [1.54, 1.807) is 42.6 Å². The van der Waals surface area contributed by atoms with Gasteiger partial charge in [0.2, 0.25) is 0 Å². The van der Waals surface area contributed by atoms with Gasteiger partial charge in [-0.05, 0) is 74.0 Å².